The molecule has 1 atom stereocenters. The lowest BCUT2D eigenvalue weighted by Gasteiger charge is -2.26. The van der Waals surface area contributed by atoms with Crippen LogP contribution in [0.3, 0.4) is 0 Å². The van der Waals surface area contributed by atoms with Crippen LogP contribution in [0.15, 0.2) is 29.5 Å². The van der Waals surface area contributed by atoms with E-state index in [2.05, 4.69) is 5.32 Å². The predicted molar refractivity (Wildman–Crippen MR) is 71.2 cm³/mol. The summed E-state index contributed by atoms with van der Waals surface area (Å²) in [5, 5.41) is 2.57. The minimum atomic E-state index is -1.01. The number of halogens is 2. The quantitative estimate of drug-likeness (QED) is 0.871. The second kappa shape index (κ2) is 6.03. The molecular formula is C15H15F2NO3. The van der Waals surface area contributed by atoms with Gasteiger partial charge in [0, 0.05) is 18.0 Å². The monoisotopic (exact) mass is 295 g/mol. The molecule has 0 saturated carbocycles. The van der Waals surface area contributed by atoms with Crippen molar-refractivity contribution in [3.8, 4) is 0 Å². The molecule has 1 N–H and O–H groups in total. The van der Waals surface area contributed by atoms with Crippen molar-refractivity contribution >= 4 is 11.9 Å². The maximum atomic E-state index is 13.4. The molecule has 1 aromatic carbocycles. The number of amides is 1. The summed E-state index contributed by atoms with van der Waals surface area (Å²) in [7, 11) is 0. The van der Waals surface area contributed by atoms with Crippen LogP contribution in [0, 0.1) is 11.6 Å². The Labute approximate surface area is 120 Å². The van der Waals surface area contributed by atoms with Gasteiger partial charge in [0.1, 0.15) is 0 Å². The first-order chi connectivity index (χ1) is 9.93. The van der Waals surface area contributed by atoms with E-state index >= 15 is 0 Å². The first-order valence-electron chi connectivity index (χ1n) is 6.56. The highest BCUT2D eigenvalue weighted by Gasteiger charge is 2.32. The van der Waals surface area contributed by atoms with Gasteiger partial charge in [0.15, 0.2) is 11.6 Å². The van der Waals surface area contributed by atoms with Gasteiger partial charge in [-0.1, -0.05) is 6.07 Å². The van der Waals surface area contributed by atoms with Crippen molar-refractivity contribution < 1.29 is 23.1 Å². The lowest BCUT2D eigenvalue weighted by molar-refractivity contribution is -0.139. The normalized spacial score (nSPS) is 18.5. The largest absolute Gasteiger partial charge is 0.463 e. The van der Waals surface area contributed by atoms with Crippen molar-refractivity contribution in [2.75, 3.05) is 6.61 Å². The number of carbonyl (C=O) groups excluding carboxylic acids is 2. The zero-order chi connectivity index (χ0) is 15.6. The average Bonchev–Trinajstić information content (AvgIpc) is 2.41. The Kier molecular flexibility index (Phi) is 4.35. The first-order valence-corrected chi connectivity index (χ1v) is 6.56. The number of nitrogens with one attached hydrogen (secondary N) is 1. The number of esters is 1. The first kappa shape index (κ1) is 15.2. The van der Waals surface area contributed by atoms with E-state index < -0.39 is 23.5 Å². The van der Waals surface area contributed by atoms with Crippen LogP contribution in [-0.4, -0.2) is 18.5 Å². The molecule has 0 saturated heterocycles. The molecule has 0 bridgehead atoms. The number of allylic oxidation sites excluding steroid dienone is 1. The maximum absolute atomic E-state index is 13.4. The van der Waals surface area contributed by atoms with Crippen molar-refractivity contribution in [2.24, 2.45) is 0 Å². The predicted octanol–water partition coefficient (Wildman–Crippen LogP) is 2.41. The summed E-state index contributed by atoms with van der Waals surface area (Å²) in [6, 6.07) is 3.36. The van der Waals surface area contributed by atoms with Crippen LogP contribution >= 0.6 is 0 Å². The van der Waals surface area contributed by atoms with Gasteiger partial charge in [0.05, 0.1) is 12.2 Å². The van der Waals surface area contributed by atoms with Crippen LogP contribution in [0.1, 0.15) is 31.7 Å². The molecule has 21 heavy (non-hydrogen) atoms. The standard InChI is InChI=1S/C15H15F2NO3/c1-3-21-15(20)14-8(2)18-13(19)7-10(14)9-4-5-11(16)12(17)6-9/h4-6,10H,3,7H2,1-2H3,(H,18,19)/t10-/m0/s1. The third-order valence-electron chi connectivity index (χ3n) is 3.31. The number of hydrogen-bond donors (Lipinski definition) is 1. The van der Waals surface area contributed by atoms with Crippen molar-refractivity contribution in [3.05, 3.63) is 46.7 Å². The number of ether oxygens (including phenoxy) is 1. The van der Waals surface area contributed by atoms with Gasteiger partial charge in [-0.3, -0.25) is 4.79 Å². The molecule has 1 amide bonds. The van der Waals surface area contributed by atoms with E-state index in [9.17, 15) is 18.4 Å². The minimum Gasteiger partial charge on any atom is -0.463 e. The lowest BCUT2D eigenvalue weighted by atomic mass is 9.84. The Hall–Kier alpha value is -2.24. The Morgan fingerprint density at radius 2 is 2.10 bits per heavy atom. The molecule has 0 unspecified atom stereocenters. The fourth-order valence-electron chi connectivity index (χ4n) is 2.39. The number of rotatable bonds is 3. The zero-order valence-corrected chi connectivity index (χ0v) is 11.7. The highest BCUT2D eigenvalue weighted by molar-refractivity contribution is 5.95. The van der Waals surface area contributed by atoms with Gasteiger partial charge in [-0.2, -0.15) is 0 Å². The molecule has 6 heteroatoms. The smallest absolute Gasteiger partial charge is 0.336 e. The third kappa shape index (κ3) is 3.09. The maximum Gasteiger partial charge on any atom is 0.336 e. The molecular weight excluding hydrogens is 280 g/mol. The molecule has 1 heterocycles. The summed E-state index contributed by atoms with van der Waals surface area (Å²) < 4.78 is 31.4. The SMILES string of the molecule is CCOC(=O)C1=C(C)NC(=O)C[C@H]1c1ccc(F)c(F)c1. The molecule has 4 nitrogen and oxygen atoms in total. The Morgan fingerprint density at radius 3 is 2.71 bits per heavy atom. The molecule has 1 aromatic rings. The van der Waals surface area contributed by atoms with E-state index in [1.54, 1.807) is 13.8 Å². The van der Waals surface area contributed by atoms with Crippen molar-refractivity contribution in [1.29, 1.82) is 0 Å². The van der Waals surface area contributed by atoms with Gasteiger partial charge in [-0.25, -0.2) is 13.6 Å². The molecule has 2 rings (SSSR count). The van der Waals surface area contributed by atoms with Crippen LogP contribution < -0.4 is 5.32 Å². The second-order valence-electron chi connectivity index (χ2n) is 4.74. The Bertz CT molecular complexity index is 625. The highest BCUT2D eigenvalue weighted by Crippen LogP contribution is 2.34. The number of benzene rings is 1. The highest BCUT2D eigenvalue weighted by atomic mass is 19.2. The van der Waals surface area contributed by atoms with Crippen LogP contribution in [0.2, 0.25) is 0 Å². The van der Waals surface area contributed by atoms with Gasteiger partial charge < -0.3 is 10.1 Å². The van der Waals surface area contributed by atoms with E-state index in [4.69, 9.17) is 4.74 Å². The van der Waals surface area contributed by atoms with Crippen molar-refractivity contribution in [1.82, 2.24) is 5.32 Å². The summed E-state index contributed by atoms with van der Waals surface area (Å²) in [5.41, 5.74) is 1.01. The molecule has 0 fully saturated rings. The second-order valence-corrected chi connectivity index (χ2v) is 4.74. The number of hydrogen-bond acceptors (Lipinski definition) is 3. The van der Waals surface area contributed by atoms with Crippen LogP contribution in [0.25, 0.3) is 0 Å². The zero-order valence-electron chi connectivity index (χ0n) is 11.7. The van der Waals surface area contributed by atoms with Gasteiger partial charge in [-0.15, -0.1) is 0 Å². The van der Waals surface area contributed by atoms with E-state index in [1.165, 1.54) is 6.07 Å². The summed E-state index contributed by atoms with van der Waals surface area (Å²) in [4.78, 5) is 23.7. The summed E-state index contributed by atoms with van der Waals surface area (Å²) >= 11 is 0. The minimum absolute atomic E-state index is 0.0173. The molecule has 0 spiro atoms. The molecule has 0 aliphatic carbocycles. The third-order valence-corrected chi connectivity index (χ3v) is 3.31. The van der Waals surface area contributed by atoms with E-state index in [0.29, 0.717) is 11.3 Å². The Morgan fingerprint density at radius 1 is 1.38 bits per heavy atom. The summed E-state index contributed by atoms with van der Waals surface area (Å²) in [6.07, 6.45) is -0.0173. The van der Waals surface area contributed by atoms with E-state index in [-0.39, 0.29) is 24.5 Å². The average molecular weight is 295 g/mol. The van der Waals surface area contributed by atoms with E-state index in [1.807, 2.05) is 0 Å². The summed E-state index contributed by atoms with van der Waals surface area (Å²) in [6.45, 7) is 3.44. The lowest BCUT2D eigenvalue weighted by Crippen LogP contribution is -2.34. The van der Waals surface area contributed by atoms with E-state index in [0.717, 1.165) is 12.1 Å². The van der Waals surface area contributed by atoms with Crippen LogP contribution in [-0.2, 0) is 14.3 Å². The van der Waals surface area contributed by atoms with Crippen LogP contribution in [0.4, 0.5) is 8.78 Å². The molecule has 1 aliphatic heterocycles. The number of carbonyl (C=O) groups is 2. The molecule has 0 radical (unpaired) electrons. The Balaban J connectivity index is 2.46. The fraction of sp³-hybridized carbons (Fsp3) is 0.333. The molecule has 112 valence electrons. The van der Waals surface area contributed by atoms with Gasteiger partial charge >= 0.3 is 5.97 Å². The molecule has 1 aliphatic rings. The van der Waals surface area contributed by atoms with Crippen molar-refractivity contribution in [2.45, 2.75) is 26.2 Å². The van der Waals surface area contributed by atoms with Crippen LogP contribution in [0.5, 0.6) is 0 Å². The van der Waals surface area contributed by atoms with Gasteiger partial charge in [-0.05, 0) is 31.5 Å². The molecule has 0 aromatic heterocycles. The topological polar surface area (TPSA) is 55.4 Å². The van der Waals surface area contributed by atoms with Crippen molar-refractivity contribution in [3.63, 3.8) is 0 Å². The van der Waals surface area contributed by atoms with Gasteiger partial charge in [0.2, 0.25) is 5.91 Å². The van der Waals surface area contributed by atoms with Gasteiger partial charge in [0.25, 0.3) is 0 Å². The summed E-state index contributed by atoms with van der Waals surface area (Å²) in [5.74, 6) is -3.48. The fourth-order valence-corrected chi connectivity index (χ4v) is 2.39.